The molecular formula is C11H16O2. The molecule has 0 aromatic heterocycles. The Bertz CT molecular complexity index is 221. The van der Waals surface area contributed by atoms with Crippen LogP contribution in [0.25, 0.3) is 0 Å². The van der Waals surface area contributed by atoms with E-state index >= 15 is 0 Å². The van der Waals surface area contributed by atoms with Crippen molar-refractivity contribution in [1.82, 2.24) is 0 Å². The van der Waals surface area contributed by atoms with Crippen LogP contribution >= 0.6 is 0 Å². The predicted molar refractivity (Wildman–Crippen MR) is 52.5 cm³/mol. The third kappa shape index (κ3) is 3.17. The number of hydrogen-bond donors (Lipinski definition) is 1. The Labute approximate surface area is 79.2 Å². The molecule has 1 atom stereocenters. The first kappa shape index (κ1) is 10.2. The largest absolute Gasteiger partial charge is 0.394 e. The maximum absolute atomic E-state index is 8.63. The van der Waals surface area contributed by atoms with Crippen molar-refractivity contribution >= 4 is 0 Å². The molecule has 1 aromatic rings. The zero-order chi connectivity index (χ0) is 9.52. The van der Waals surface area contributed by atoms with E-state index in [0.29, 0.717) is 6.61 Å². The molecule has 13 heavy (non-hydrogen) atoms. The van der Waals surface area contributed by atoms with Crippen molar-refractivity contribution in [2.45, 2.75) is 19.4 Å². The van der Waals surface area contributed by atoms with Gasteiger partial charge in [-0.15, -0.1) is 0 Å². The Hall–Kier alpha value is -0.860. The summed E-state index contributed by atoms with van der Waals surface area (Å²) in [6, 6.07) is 10.1. The Balaban J connectivity index is 2.56. The highest BCUT2D eigenvalue weighted by atomic mass is 16.5. The molecule has 1 aromatic carbocycles. The van der Waals surface area contributed by atoms with Gasteiger partial charge >= 0.3 is 0 Å². The summed E-state index contributed by atoms with van der Waals surface area (Å²) in [6.45, 7) is 2.58. The van der Waals surface area contributed by atoms with Crippen molar-refractivity contribution in [2.24, 2.45) is 0 Å². The normalized spacial score (nSPS) is 12.8. The van der Waals surface area contributed by atoms with Gasteiger partial charge < -0.3 is 9.84 Å². The third-order valence-corrected chi connectivity index (χ3v) is 1.95. The molecule has 1 N–H and O–H groups in total. The number of aliphatic hydroxyl groups excluding tert-OH is 1. The lowest BCUT2D eigenvalue weighted by Gasteiger charge is -2.15. The minimum Gasteiger partial charge on any atom is -0.394 e. The van der Waals surface area contributed by atoms with Crippen LogP contribution in [0.3, 0.4) is 0 Å². The molecule has 0 saturated carbocycles. The van der Waals surface area contributed by atoms with Crippen LogP contribution in [0.4, 0.5) is 0 Å². The van der Waals surface area contributed by atoms with E-state index in [1.807, 2.05) is 30.3 Å². The second kappa shape index (κ2) is 5.73. The number of hydrogen-bond acceptors (Lipinski definition) is 2. The van der Waals surface area contributed by atoms with Gasteiger partial charge in [0.15, 0.2) is 0 Å². The monoisotopic (exact) mass is 180 g/mol. The molecule has 0 aliphatic heterocycles. The van der Waals surface area contributed by atoms with E-state index in [4.69, 9.17) is 9.84 Å². The quantitative estimate of drug-likeness (QED) is 0.752. The van der Waals surface area contributed by atoms with Crippen molar-refractivity contribution in [3.63, 3.8) is 0 Å². The van der Waals surface area contributed by atoms with Crippen LogP contribution in [0.15, 0.2) is 30.3 Å². The molecule has 1 rings (SSSR count). The number of rotatable bonds is 5. The maximum Gasteiger partial charge on any atom is 0.0823 e. The summed E-state index contributed by atoms with van der Waals surface area (Å²) in [6.07, 6.45) is 1.05. The predicted octanol–water partition coefficient (Wildman–Crippen LogP) is 2.15. The summed E-state index contributed by atoms with van der Waals surface area (Å²) in [7, 11) is 0. The topological polar surface area (TPSA) is 29.5 Å². The average Bonchev–Trinajstić information content (AvgIpc) is 2.21. The van der Waals surface area contributed by atoms with E-state index in [9.17, 15) is 0 Å². The minimum absolute atomic E-state index is 0.0866. The smallest absolute Gasteiger partial charge is 0.0823 e. The van der Waals surface area contributed by atoms with Crippen LogP contribution in [-0.2, 0) is 4.74 Å². The van der Waals surface area contributed by atoms with Gasteiger partial charge in [-0.3, -0.25) is 0 Å². The van der Waals surface area contributed by atoms with Crippen LogP contribution in [-0.4, -0.2) is 18.3 Å². The van der Waals surface area contributed by atoms with Gasteiger partial charge in [0.1, 0.15) is 0 Å². The lowest BCUT2D eigenvalue weighted by molar-refractivity contribution is 0.0257. The summed E-state index contributed by atoms with van der Waals surface area (Å²) in [5.41, 5.74) is 1.18. The van der Waals surface area contributed by atoms with Gasteiger partial charge in [-0.05, 0) is 12.0 Å². The lowest BCUT2D eigenvalue weighted by atomic mass is 10.1. The molecule has 0 bridgehead atoms. The van der Waals surface area contributed by atoms with Crippen molar-refractivity contribution in [1.29, 1.82) is 0 Å². The molecule has 2 heteroatoms. The van der Waals surface area contributed by atoms with E-state index in [2.05, 4.69) is 6.92 Å². The molecule has 0 aliphatic carbocycles. The molecule has 0 heterocycles. The first-order chi connectivity index (χ1) is 6.38. The number of benzene rings is 1. The lowest BCUT2D eigenvalue weighted by Crippen LogP contribution is -2.06. The molecule has 0 radical (unpaired) electrons. The third-order valence-electron chi connectivity index (χ3n) is 1.95. The van der Waals surface area contributed by atoms with E-state index in [1.165, 1.54) is 5.56 Å². The second-order valence-corrected chi connectivity index (χ2v) is 2.90. The standard InChI is InChI=1S/C11H16O2/c1-2-11(13-9-8-12)10-6-4-3-5-7-10/h3-7,11-12H,2,8-9H2,1H3/t11-/m1/s1. The molecule has 2 nitrogen and oxygen atoms in total. The average molecular weight is 180 g/mol. The first-order valence-corrected chi connectivity index (χ1v) is 4.66. The highest BCUT2D eigenvalue weighted by molar-refractivity contribution is 5.17. The van der Waals surface area contributed by atoms with Gasteiger partial charge in [-0.2, -0.15) is 0 Å². The van der Waals surface area contributed by atoms with E-state index in [0.717, 1.165) is 6.42 Å². The van der Waals surface area contributed by atoms with Gasteiger partial charge in [-0.25, -0.2) is 0 Å². The van der Waals surface area contributed by atoms with Crippen LogP contribution in [0.1, 0.15) is 25.0 Å². The Morgan fingerprint density at radius 2 is 2.00 bits per heavy atom. The van der Waals surface area contributed by atoms with E-state index < -0.39 is 0 Å². The molecule has 0 aliphatic rings. The SMILES string of the molecule is CC[C@@H](OCCO)c1ccccc1. The van der Waals surface area contributed by atoms with Gasteiger partial charge in [0.2, 0.25) is 0 Å². The fourth-order valence-corrected chi connectivity index (χ4v) is 1.31. The number of aliphatic hydroxyl groups is 1. The van der Waals surface area contributed by atoms with Crippen LogP contribution in [0, 0.1) is 0 Å². The number of ether oxygens (including phenoxy) is 1. The fraction of sp³-hybridized carbons (Fsp3) is 0.455. The van der Waals surface area contributed by atoms with Gasteiger partial charge in [0.05, 0.1) is 19.3 Å². The maximum atomic E-state index is 8.63. The summed E-state index contributed by atoms with van der Waals surface area (Å²) in [4.78, 5) is 0. The van der Waals surface area contributed by atoms with Gasteiger partial charge in [0, 0.05) is 0 Å². The fourth-order valence-electron chi connectivity index (χ4n) is 1.31. The van der Waals surface area contributed by atoms with Crippen LogP contribution in [0.5, 0.6) is 0 Å². The van der Waals surface area contributed by atoms with E-state index in [-0.39, 0.29) is 12.7 Å². The second-order valence-electron chi connectivity index (χ2n) is 2.90. The molecule has 0 saturated heterocycles. The summed E-state index contributed by atoms with van der Waals surface area (Å²) in [5.74, 6) is 0. The molecule has 0 fully saturated rings. The summed E-state index contributed by atoms with van der Waals surface area (Å²) < 4.78 is 5.48. The Kier molecular flexibility index (Phi) is 4.50. The van der Waals surface area contributed by atoms with Crippen molar-refractivity contribution in [3.8, 4) is 0 Å². The minimum atomic E-state index is 0.0866. The Morgan fingerprint density at radius 3 is 2.54 bits per heavy atom. The highest BCUT2D eigenvalue weighted by Crippen LogP contribution is 2.19. The molecule has 0 unspecified atom stereocenters. The van der Waals surface area contributed by atoms with E-state index in [1.54, 1.807) is 0 Å². The molecule has 0 spiro atoms. The molecule has 0 amide bonds. The zero-order valence-electron chi connectivity index (χ0n) is 7.94. The van der Waals surface area contributed by atoms with Crippen molar-refractivity contribution in [3.05, 3.63) is 35.9 Å². The van der Waals surface area contributed by atoms with Crippen molar-refractivity contribution in [2.75, 3.05) is 13.2 Å². The van der Waals surface area contributed by atoms with Gasteiger partial charge in [0.25, 0.3) is 0 Å². The van der Waals surface area contributed by atoms with Crippen LogP contribution < -0.4 is 0 Å². The van der Waals surface area contributed by atoms with Crippen molar-refractivity contribution < 1.29 is 9.84 Å². The highest BCUT2D eigenvalue weighted by Gasteiger charge is 2.07. The summed E-state index contributed by atoms with van der Waals surface area (Å²) >= 11 is 0. The zero-order valence-corrected chi connectivity index (χ0v) is 7.94. The van der Waals surface area contributed by atoms with Crippen LogP contribution in [0.2, 0.25) is 0 Å². The van der Waals surface area contributed by atoms with Gasteiger partial charge in [-0.1, -0.05) is 37.3 Å². The first-order valence-electron chi connectivity index (χ1n) is 4.66. The molecular weight excluding hydrogens is 164 g/mol. The molecule has 72 valence electrons. The summed E-state index contributed by atoms with van der Waals surface area (Å²) in [5, 5.41) is 8.63. The Morgan fingerprint density at radius 1 is 1.31 bits per heavy atom.